The van der Waals surface area contributed by atoms with Gasteiger partial charge in [-0.25, -0.2) is 0 Å². The first-order chi connectivity index (χ1) is 10.1. The molecule has 1 aliphatic rings. The first-order valence-electron chi connectivity index (χ1n) is 8.21. The van der Waals surface area contributed by atoms with Crippen molar-refractivity contribution in [2.24, 2.45) is 0 Å². The van der Waals surface area contributed by atoms with Gasteiger partial charge in [0, 0.05) is 12.6 Å². The highest BCUT2D eigenvalue weighted by Crippen LogP contribution is 2.24. The topological polar surface area (TPSA) is 32.7 Å². The van der Waals surface area contributed by atoms with E-state index in [2.05, 4.69) is 11.9 Å². The van der Waals surface area contributed by atoms with E-state index in [1.54, 1.807) is 0 Å². The molecular weight excluding hydrogens is 262 g/mol. The third kappa shape index (κ3) is 5.01. The van der Waals surface area contributed by atoms with Crippen molar-refractivity contribution in [3.05, 3.63) is 29.8 Å². The highest BCUT2D eigenvalue weighted by molar-refractivity contribution is 5.28. The molecule has 1 unspecified atom stereocenters. The van der Waals surface area contributed by atoms with Gasteiger partial charge in [0.15, 0.2) is 0 Å². The monoisotopic (exact) mass is 291 g/mol. The highest BCUT2D eigenvalue weighted by Gasteiger charge is 2.20. The van der Waals surface area contributed by atoms with Crippen molar-refractivity contribution in [1.82, 2.24) is 4.90 Å². The summed E-state index contributed by atoms with van der Waals surface area (Å²) in [6, 6.07) is 8.46. The summed E-state index contributed by atoms with van der Waals surface area (Å²) >= 11 is 0. The lowest BCUT2D eigenvalue weighted by Gasteiger charge is -2.32. The van der Waals surface area contributed by atoms with E-state index >= 15 is 0 Å². The highest BCUT2D eigenvalue weighted by atomic mass is 16.5. The third-order valence-electron chi connectivity index (χ3n) is 4.30. The lowest BCUT2D eigenvalue weighted by Crippen LogP contribution is -2.36. The van der Waals surface area contributed by atoms with Crippen LogP contribution >= 0.6 is 0 Å². The van der Waals surface area contributed by atoms with Gasteiger partial charge in [-0.05, 0) is 51.4 Å². The standard InChI is InChI=1S/C18H29NO2/c1-14(2)21-17-11-9-15(10-12-17)18(20)13-19(3)16-7-5-4-6-8-16/h9-12,14,16,18,20H,4-8,13H2,1-3H3. The van der Waals surface area contributed by atoms with Crippen molar-refractivity contribution in [2.75, 3.05) is 13.6 Å². The number of rotatable bonds is 6. The normalized spacial score (nSPS) is 18.2. The van der Waals surface area contributed by atoms with E-state index in [-0.39, 0.29) is 6.10 Å². The lowest BCUT2D eigenvalue weighted by molar-refractivity contribution is 0.0913. The first kappa shape index (κ1) is 16.3. The van der Waals surface area contributed by atoms with Gasteiger partial charge in [0.05, 0.1) is 12.2 Å². The van der Waals surface area contributed by atoms with Crippen LogP contribution in [0.3, 0.4) is 0 Å². The lowest BCUT2D eigenvalue weighted by atomic mass is 9.94. The van der Waals surface area contributed by atoms with Gasteiger partial charge in [-0.2, -0.15) is 0 Å². The Balaban J connectivity index is 1.88. The maximum Gasteiger partial charge on any atom is 0.119 e. The minimum Gasteiger partial charge on any atom is -0.491 e. The molecule has 21 heavy (non-hydrogen) atoms. The SMILES string of the molecule is CC(C)Oc1ccc(C(O)CN(C)C2CCCCC2)cc1. The molecule has 0 spiro atoms. The van der Waals surface area contributed by atoms with Crippen LogP contribution in [0, 0.1) is 0 Å². The van der Waals surface area contributed by atoms with E-state index in [0.29, 0.717) is 12.6 Å². The molecule has 0 aliphatic heterocycles. The minimum absolute atomic E-state index is 0.179. The van der Waals surface area contributed by atoms with E-state index < -0.39 is 6.10 Å². The van der Waals surface area contributed by atoms with Crippen molar-refractivity contribution >= 4 is 0 Å². The fourth-order valence-electron chi connectivity index (χ4n) is 3.09. The van der Waals surface area contributed by atoms with Crippen LogP contribution in [-0.2, 0) is 0 Å². The maximum absolute atomic E-state index is 10.4. The molecule has 1 atom stereocenters. The Bertz CT molecular complexity index is 410. The van der Waals surface area contributed by atoms with Gasteiger partial charge in [0.1, 0.15) is 5.75 Å². The second-order valence-electron chi connectivity index (χ2n) is 6.48. The average molecular weight is 291 g/mol. The summed E-state index contributed by atoms with van der Waals surface area (Å²) in [6.07, 6.45) is 6.31. The molecule has 0 amide bonds. The quantitative estimate of drug-likeness (QED) is 0.866. The largest absolute Gasteiger partial charge is 0.491 e. The van der Waals surface area contributed by atoms with Gasteiger partial charge in [0.2, 0.25) is 0 Å². The van der Waals surface area contributed by atoms with Crippen molar-refractivity contribution < 1.29 is 9.84 Å². The predicted molar refractivity (Wildman–Crippen MR) is 86.7 cm³/mol. The molecule has 2 rings (SSSR count). The fourth-order valence-corrected chi connectivity index (χ4v) is 3.09. The summed E-state index contributed by atoms with van der Waals surface area (Å²) in [7, 11) is 2.13. The summed E-state index contributed by atoms with van der Waals surface area (Å²) in [5.41, 5.74) is 0.966. The zero-order valence-corrected chi connectivity index (χ0v) is 13.6. The molecule has 1 fully saturated rings. The Morgan fingerprint density at radius 3 is 2.33 bits per heavy atom. The Hall–Kier alpha value is -1.06. The molecule has 118 valence electrons. The number of hydrogen-bond acceptors (Lipinski definition) is 3. The Morgan fingerprint density at radius 1 is 1.14 bits per heavy atom. The molecule has 0 bridgehead atoms. The molecule has 1 aromatic rings. The molecule has 0 radical (unpaired) electrons. The Kier molecular flexibility index (Phi) is 6.07. The summed E-state index contributed by atoms with van der Waals surface area (Å²) < 4.78 is 5.63. The molecule has 3 heteroatoms. The zero-order chi connectivity index (χ0) is 15.2. The smallest absolute Gasteiger partial charge is 0.119 e. The van der Waals surface area contributed by atoms with Gasteiger partial charge in [-0.15, -0.1) is 0 Å². The number of benzene rings is 1. The zero-order valence-electron chi connectivity index (χ0n) is 13.6. The number of aliphatic hydroxyl groups is 1. The summed E-state index contributed by atoms with van der Waals surface area (Å²) in [5.74, 6) is 0.863. The van der Waals surface area contributed by atoms with Crippen LogP contribution in [0.1, 0.15) is 57.6 Å². The van der Waals surface area contributed by atoms with Crippen LogP contribution in [0.5, 0.6) is 5.75 Å². The van der Waals surface area contributed by atoms with E-state index in [1.807, 2.05) is 38.1 Å². The van der Waals surface area contributed by atoms with Gasteiger partial charge >= 0.3 is 0 Å². The molecular formula is C18H29NO2. The van der Waals surface area contributed by atoms with Crippen molar-refractivity contribution in [3.63, 3.8) is 0 Å². The Labute approximate surface area is 128 Å². The van der Waals surface area contributed by atoms with Crippen LogP contribution in [0.15, 0.2) is 24.3 Å². The molecule has 0 aromatic heterocycles. The number of nitrogens with zero attached hydrogens (tertiary/aromatic N) is 1. The predicted octanol–water partition coefficient (Wildman–Crippen LogP) is 3.77. The average Bonchev–Trinajstić information content (AvgIpc) is 2.48. The number of aliphatic hydroxyl groups excluding tert-OH is 1. The van der Waals surface area contributed by atoms with Gasteiger partial charge in [-0.1, -0.05) is 31.4 Å². The molecule has 1 saturated carbocycles. The van der Waals surface area contributed by atoms with Gasteiger partial charge in [-0.3, -0.25) is 0 Å². The molecule has 1 aliphatic carbocycles. The second kappa shape index (κ2) is 7.81. The van der Waals surface area contributed by atoms with Crippen LogP contribution < -0.4 is 4.74 Å². The molecule has 3 nitrogen and oxygen atoms in total. The maximum atomic E-state index is 10.4. The van der Waals surface area contributed by atoms with E-state index in [4.69, 9.17) is 4.74 Å². The number of likely N-dealkylation sites (N-methyl/N-ethyl adjacent to an activating group) is 1. The third-order valence-corrected chi connectivity index (χ3v) is 4.30. The van der Waals surface area contributed by atoms with Gasteiger partial charge < -0.3 is 14.7 Å². The fraction of sp³-hybridized carbons (Fsp3) is 0.667. The summed E-state index contributed by atoms with van der Waals surface area (Å²) in [4.78, 5) is 2.32. The minimum atomic E-state index is -0.426. The van der Waals surface area contributed by atoms with E-state index in [1.165, 1.54) is 32.1 Å². The number of hydrogen-bond donors (Lipinski definition) is 1. The molecule has 1 N–H and O–H groups in total. The van der Waals surface area contributed by atoms with Crippen LogP contribution in [0.4, 0.5) is 0 Å². The molecule has 1 aromatic carbocycles. The molecule has 0 saturated heterocycles. The van der Waals surface area contributed by atoms with Gasteiger partial charge in [0.25, 0.3) is 0 Å². The van der Waals surface area contributed by atoms with Crippen molar-refractivity contribution in [1.29, 1.82) is 0 Å². The Morgan fingerprint density at radius 2 is 1.76 bits per heavy atom. The van der Waals surface area contributed by atoms with Crippen LogP contribution in [0.2, 0.25) is 0 Å². The van der Waals surface area contributed by atoms with Crippen LogP contribution in [0.25, 0.3) is 0 Å². The van der Waals surface area contributed by atoms with E-state index in [9.17, 15) is 5.11 Å². The first-order valence-corrected chi connectivity index (χ1v) is 8.21. The van der Waals surface area contributed by atoms with Crippen molar-refractivity contribution in [3.8, 4) is 5.75 Å². The summed E-state index contributed by atoms with van der Waals surface area (Å²) in [6.45, 7) is 4.73. The number of ether oxygens (including phenoxy) is 1. The summed E-state index contributed by atoms with van der Waals surface area (Å²) in [5, 5.41) is 10.4. The van der Waals surface area contributed by atoms with Crippen LogP contribution in [-0.4, -0.2) is 35.7 Å². The molecule has 0 heterocycles. The second-order valence-corrected chi connectivity index (χ2v) is 6.48. The van der Waals surface area contributed by atoms with E-state index in [0.717, 1.165) is 11.3 Å². The van der Waals surface area contributed by atoms with Crippen molar-refractivity contribution in [2.45, 2.75) is 64.2 Å².